The minimum absolute atomic E-state index is 0.0916. The summed E-state index contributed by atoms with van der Waals surface area (Å²) in [5.74, 6) is 0.845. The number of nitrogens with one attached hydrogen (secondary N) is 1. The molecule has 1 aliphatic rings. The first-order valence-corrected chi connectivity index (χ1v) is 11.9. The Morgan fingerprint density at radius 3 is 2.42 bits per heavy atom. The van der Waals surface area contributed by atoms with E-state index < -0.39 is 10.0 Å². The molecule has 1 fully saturated rings. The summed E-state index contributed by atoms with van der Waals surface area (Å²) in [5, 5.41) is 7.36. The molecule has 1 aliphatic heterocycles. The zero-order chi connectivity index (χ0) is 22.4. The molecule has 170 valence electrons. The highest BCUT2D eigenvalue weighted by Gasteiger charge is 2.23. The highest BCUT2D eigenvalue weighted by molar-refractivity contribution is 7.89. The van der Waals surface area contributed by atoms with Gasteiger partial charge in [-0.05, 0) is 31.5 Å². The first-order chi connectivity index (χ1) is 14.8. The van der Waals surface area contributed by atoms with E-state index in [-0.39, 0.29) is 6.04 Å². The van der Waals surface area contributed by atoms with Crippen LogP contribution in [0, 0.1) is 0 Å². The SMILES string of the molecule is CN=C(NCc1ccc(S(=O)(=O)N(C)C(C)C)cc1)N1CCN(Cc2ccon2)CC1. The van der Waals surface area contributed by atoms with Crippen molar-refractivity contribution in [2.75, 3.05) is 40.3 Å². The molecule has 2 aromatic rings. The summed E-state index contributed by atoms with van der Waals surface area (Å²) in [4.78, 5) is 9.29. The number of benzene rings is 1. The van der Waals surface area contributed by atoms with Gasteiger partial charge in [-0.1, -0.05) is 17.3 Å². The van der Waals surface area contributed by atoms with Gasteiger partial charge in [0.05, 0.1) is 10.6 Å². The fraction of sp³-hybridized carbons (Fsp3) is 0.524. The molecule has 0 saturated carbocycles. The van der Waals surface area contributed by atoms with Crippen LogP contribution in [-0.4, -0.2) is 80.0 Å². The Labute approximate surface area is 184 Å². The molecule has 31 heavy (non-hydrogen) atoms. The Kier molecular flexibility index (Phi) is 7.69. The maximum Gasteiger partial charge on any atom is 0.243 e. The van der Waals surface area contributed by atoms with Crippen LogP contribution in [0.5, 0.6) is 0 Å². The summed E-state index contributed by atoms with van der Waals surface area (Å²) in [6.07, 6.45) is 1.60. The van der Waals surface area contributed by atoms with E-state index in [4.69, 9.17) is 4.52 Å². The van der Waals surface area contributed by atoms with E-state index in [1.165, 1.54) is 4.31 Å². The molecule has 0 spiro atoms. The maximum absolute atomic E-state index is 12.6. The molecule has 0 aliphatic carbocycles. The smallest absolute Gasteiger partial charge is 0.243 e. The minimum Gasteiger partial charge on any atom is -0.364 e. The quantitative estimate of drug-likeness (QED) is 0.508. The lowest BCUT2D eigenvalue weighted by Crippen LogP contribution is -2.52. The number of piperazine rings is 1. The fourth-order valence-electron chi connectivity index (χ4n) is 3.40. The molecule has 0 unspecified atom stereocenters. The summed E-state index contributed by atoms with van der Waals surface area (Å²) in [6, 6.07) is 8.82. The molecule has 1 saturated heterocycles. The van der Waals surface area contributed by atoms with Gasteiger partial charge in [-0.2, -0.15) is 4.31 Å². The normalized spacial score (nSPS) is 16.3. The van der Waals surface area contributed by atoms with Gasteiger partial charge < -0.3 is 14.7 Å². The van der Waals surface area contributed by atoms with Gasteiger partial charge in [0, 0.05) is 65.5 Å². The molecule has 2 heterocycles. The van der Waals surface area contributed by atoms with E-state index in [9.17, 15) is 8.42 Å². The molecule has 0 atom stereocenters. The van der Waals surface area contributed by atoms with Crippen LogP contribution in [0.15, 0.2) is 51.0 Å². The number of rotatable bonds is 7. The molecule has 3 rings (SSSR count). The number of hydrogen-bond donors (Lipinski definition) is 1. The molecule has 1 aromatic heterocycles. The largest absolute Gasteiger partial charge is 0.364 e. The van der Waals surface area contributed by atoms with Gasteiger partial charge in [-0.3, -0.25) is 9.89 Å². The van der Waals surface area contributed by atoms with Crippen molar-refractivity contribution >= 4 is 16.0 Å². The summed E-state index contributed by atoms with van der Waals surface area (Å²) in [5.41, 5.74) is 1.94. The van der Waals surface area contributed by atoms with Crippen LogP contribution >= 0.6 is 0 Å². The summed E-state index contributed by atoms with van der Waals surface area (Å²) in [6.45, 7) is 8.66. The lowest BCUT2D eigenvalue weighted by molar-refractivity contribution is 0.169. The van der Waals surface area contributed by atoms with Crippen molar-refractivity contribution in [1.29, 1.82) is 0 Å². The van der Waals surface area contributed by atoms with Crippen molar-refractivity contribution in [3.63, 3.8) is 0 Å². The second kappa shape index (κ2) is 10.3. The second-order valence-corrected chi connectivity index (χ2v) is 9.91. The highest BCUT2D eigenvalue weighted by atomic mass is 32.2. The number of aromatic nitrogens is 1. The van der Waals surface area contributed by atoms with Crippen molar-refractivity contribution in [1.82, 2.24) is 24.6 Å². The first-order valence-electron chi connectivity index (χ1n) is 10.5. The molecule has 1 N–H and O–H groups in total. The zero-order valence-electron chi connectivity index (χ0n) is 18.7. The van der Waals surface area contributed by atoms with Crippen LogP contribution in [0.2, 0.25) is 0 Å². The van der Waals surface area contributed by atoms with E-state index in [1.54, 1.807) is 32.5 Å². The maximum atomic E-state index is 12.6. The van der Waals surface area contributed by atoms with E-state index in [0.29, 0.717) is 11.4 Å². The van der Waals surface area contributed by atoms with Crippen LogP contribution in [0.4, 0.5) is 0 Å². The van der Waals surface area contributed by atoms with Crippen molar-refractivity contribution in [2.45, 2.75) is 37.9 Å². The van der Waals surface area contributed by atoms with Gasteiger partial charge in [0.2, 0.25) is 10.0 Å². The lowest BCUT2D eigenvalue weighted by Gasteiger charge is -2.36. The third kappa shape index (κ3) is 5.84. The Balaban J connectivity index is 1.52. The predicted molar refractivity (Wildman–Crippen MR) is 120 cm³/mol. The van der Waals surface area contributed by atoms with Crippen LogP contribution in [0.25, 0.3) is 0 Å². The zero-order valence-corrected chi connectivity index (χ0v) is 19.5. The molecule has 0 bridgehead atoms. The van der Waals surface area contributed by atoms with Crippen molar-refractivity contribution < 1.29 is 12.9 Å². The Bertz CT molecular complexity index is 950. The van der Waals surface area contributed by atoms with Gasteiger partial charge in [0.15, 0.2) is 5.96 Å². The molecule has 10 heteroatoms. The monoisotopic (exact) mass is 448 g/mol. The van der Waals surface area contributed by atoms with Gasteiger partial charge in [0.25, 0.3) is 0 Å². The number of sulfonamides is 1. The van der Waals surface area contributed by atoms with Crippen LogP contribution in [0.1, 0.15) is 25.1 Å². The van der Waals surface area contributed by atoms with Crippen LogP contribution in [-0.2, 0) is 23.1 Å². The van der Waals surface area contributed by atoms with Gasteiger partial charge in [0.1, 0.15) is 6.26 Å². The average Bonchev–Trinajstić information content (AvgIpc) is 3.28. The van der Waals surface area contributed by atoms with Crippen molar-refractivity contribution in [3.8, 4) is 0 Å². The Morgan fingerprint density at radius 2 is 1.87 bits per heavy atom. The Morgan fingerprint density at radius 1 is 1.19 bits per heavy atom. The fourth-order valence-corrected chi connectivity index (χ4v) is 4.77. The molecular formula is C21H32N6O3S. The van der Waals surface area contributed by atoms with E-state index >= 15 is 0 Å². The lowest BCUT2D eigenvalue weighted by atomic mass is 10.2. The Hall–Kier alpha value is -2.43. The molecule has 0 radical (unpaired) electrons. The first kappa shape index (κ1) is 23.2. The molecule has 1 aromatic carbocycles. The number of aliphatic imine (C=N–C) groups is 1. The van der Waals surface area contributed by atoms with E-state index in [0.717, 1.165) is 49.9 Å². The third-order valence-electron chi connectivity index (χ3n) is 5.54. The van der Waals surface area contributed by atoms with Gasteiger partial charge >= 0.3 is 0 Å². The predicted octanol–water partition coefficient (Wildman–Crippen LogP) is 1.60. The van der Waals surface area contributed by atoms with Crippen molar-refractivity contribution in [2.24, 2.45) is 4.99 Å². The average molecular weight is 449 g/mol. The number of guanidine groups is 1. The van der Waals surface area contributed by atoms with Gasteiger partial charge in [-0.15, -0.1) is 0 Å². The number of nitrogens with zero attached hydrogens (tertiary/aromatic N) is 5. The summed E-state index contributed by atoms with van der Waals surface area (Å²) in [7, 11) is -0.0849. The highest BCUT2D eigenvalue weighted by Crippen LogP contribution is 2.17. The van der Waals surface area contributed by atoms with Crippen LogP contribution < -0.4 is 5.32 Å². The molecular weight excluding hydrogens is 416 g/mol. The summed E-state index contributed by atoms with van der Waals surface area (Å²) < 4.78 is 31.5. The third-order valence-corrected chi connectivity index (χ3v) is 7.59. The molecule has 0 amide bonds. The summed E-state index contributed by atoms with van der Waals surface area (Å²) >= 11 is 0. The molecule has 9 nitrogen and oxygen atoms in total. The minimum atomic E-state index is -3.47. The van der Waals surface area contributed by atoms with Crippen molar-refractivity contribution in [3.05, 3.63) is 47.9 Å². The standard InChI is InChI=1S/C21H32N6O3S/c1-17(2)25(4)31(28,29)20-7-5-18(6-8-20)15-23-21(22-3)27-12-10-26(11-13-27)16-19-9-14-30-24-19/h5-9,14,17H,10-13,15-16H2,1-4H3,(H,22,23). The van der Waals surface area contributed by atoms with E-state index in [2.05, 4.69) is 25.3 Å². The second-order valence-electron chi connectivity index (χ2n) is 7.91. The van der Waals surface area contributed by atoms with E-state index in [1.807, 2.05) is 32.0 Å². The number of hydrogen-bond acceptors (Lipinski definition) is 6. The van der Waals surface area contributed by atoms with Gasteiger partial charge in [-0.25, -0.2) is 8.42 Å². The van der Waals surface area contributed by atoms with Crippen LogP contribution in [0.3, 0.4) is 0 Å². The topological polar surface area (TPSA) is 94.3 Å².